The highest BCUT2D eigenvalue weighted by Gasteiger charge is 2.34. The predicted octanol–water partition coefficient (Wildman–Crippen LogP) is 4.23. The summed E-state index contributed by atoms with van der Waals surface area (Å²) in [5.41, 5.74) is -1.07. The number of rotatable bonds is 3. The van der Waals surface area contributed by atoms with Crippen molar-refractivity contribution in [2.45, 2.75) is 38.7 Å². The summed E-state index contributed by atoms with van der Waals surface area (Å²) in [4.78, 5) is 24.8. The Labute approximate surface area is 164 Å². The normalized spacial score (nSPS) is 16.4. The summed E-state index contributed by atoms with van der Waals surface area (Å²) in [7, 11) is 0. The number of hydrogen-bond donors (Lipinski definition) is 3. The van der Waals surface area contributed by atoms with E-state index in [9.17, 15) is 27.2 Å². The van der Waals surface area contributed by atoms with E-state index in [4.69, 9.17) is 0 Å². The quantitative estimate of drug-likeness (QED) is 0.665. The topological polar surface area (TPSA) is 70.2 Å². The number of benzene rings is 2. The second-order valence-electron chi connectivity index (χ2n) is 7.75. The minimum absolute atomic E-state index is 0.241. The second kappa shape index (κ2) is 7.14. The standard InChI is InChI=1S/C20H19F4N3O2/c1-19(2,3)27-16-15-13(18(29)26-16)5-4-6-14(15)25-17(28)10-7-11(20(22,23)24)9-12(21)8-10/h4-9,16,27H,1-3H3,(H,25,28)(H,26,29)/t16-/m0/s1. The van der Waals surface area contributed by atoms with Gasteiger partial charge in [-0.15, -0.1) is 0 Å². The van der Waals surface area contributed by atoms with E-state index in [1.165, 1.54) is 6.07 Å². The molecule has 0 saturated carbocycles. The largest absolute Gasteiger partial charge is 0.416 e. The van der Waals surface area contributed by atoms with Crippen LogP contribution in [0, 0.1) is 5.82 Å². The molecule has 154 valence electrons. The Hall–Kier alpha value is -2.94. The van der Waals surface area contributed by atoms with Crippen LogP contribution in [0.5, 0.6) is 0 Å². The Bertz CT molecular complexity index is 981. The van der Waals surface area contributed by atoms with Crippen molar-refractivity contribution in [2.24, 2.45) is 0 Å². The minimum Gasteiger partial charge on any atom is -0.332 e. The van der Waals surface area contributed by atoms with E-state index in [1.54, 1.807) is 12.1 Å². The summed E-state index contributed by atoms with van der Waals surface area (Å²) in [6.45, 7) is 5.68. The highest BCUT2D eigenvalue weighted by molar-refractivity contribution is 6.07. The molecular formula is C20H19F4N3O2. The summed E-state index contributed by atoms with van der Waals surface area (Å²) >= 11 is 0. The molecule has 2 aromatic carbocycles. The molecule has 0 spiro atoms. The average Bonchev–Trinajstić information content (AvgIpc) is 2.88. The molecule has 1 heterocycles. The van der Waals surface area contributed by atoms with Gasteiger partial charge in [0.15, 0.2) is 0 Å². The van der Waals surface area contributed by atoms with Gasteiger partial charge in [0.2, 0.25) is 0 Å². The van der Waals surface area contributed by atoms with E-state index in [2.05, 4.69) is 16.0 Å². The van der Waals surface area contributed by atoms with E-state index < -0.39 is 35.2 Å². The first-order valence-corrected chi connectivity index (χ1v) is 8.76. The van der Waals surface area contributed by atoms with Crippen LogP contribution in [-0.2, 0) is 6.18 Å². The maximum absolute atomic E-state index is 13.6. The minimum atomic E-state index is -4.79. The molecule has 5 nitrogen and oxygen atoms in total. The molecule has 9 heteroatoms. The van der Waals surface area contributed by atoms with Gasteiger partial charge in [0.1, 0.15) is 12.0 Å². The van der Waals surface area contributed by atoms with Gasteiger partial charge in [-0.05, 0) is 51.1 Å². The number of anilines is 1. The zero-order chi connectivity index (χ0) is 21.6. The van der Waals surface area contributed by atoms with Gasteiger partial charge < -0.3 is 10.6 Å². The number of nitrogens with one attached hydrogen (secondary N) is 3. The third kappa shape index (κ3) is 4.56. The molecule has 0 unspecified atom stereocenters. The summed E-state index contributed by atoms with van der Waals surface area (Å²) in [5.74, 6) is -2.44. The number of alkyl halides is 3. The molecular weight excluding hydrogens is 390 g/mol. The summed E-state index contributed by atoms with van der Waals surface area (Å²) < 4.78 is 52.4. The third-order valence-corrected chi connectivity index (χ3v) is 4.23. The number of carbonyl (C=O) groups excluding carboxylic acids is 2. The van der Waals surface area contributed by atoms with Crippen molar-refractivity contribution >= 4 is 17.5 Å². The molecule has 0 fully saturated rings. The van der Waals surface area contributed by atoms with Gasteiger partial charge in [-0.25, -0.2) is 4.39 Å². The van der Waals surface area contributed by atoms with Crippen molar-refractivity contribution in [1.82, 2.24) is 10.6 Å². The van der Waals surface area contributed by atoms with Crippen LogP contribution in [0.15, 0.2) is 36.4 Å². The maximum atomic E-state index is 13.6. The Balaban J connectivity index is 1.95. The lowest BCUT2D eigenvalue weighted by molar-refractivity contribution is -0.137. The Morgan fingerprint density at radius 3 is 2.41 bits per heavy atom. The molecule has 3 N–H and O–H groups in total. The van der Waals surface area contributed by atoms with E-state index in [0.29, 0.717) is 23.3 Å². The van der Waals surface area contributed by atoms with Crippen LogP contribution in [-0.4, -0.2) is 17.4 Å². The Kier molecular flexibility index (Phi) is 5.12. The fourth-order valence-electron chi connectivity index (χ4n) is 3.08. The molecule has 1 atom stereocenters. The van der Waals surface area contributed by atoms with Crippen molar-refractivity contribution < 1.29 is 27.2 Å². The number of halogens is 4. The molecule has 0 saturated heterocycles. The molecule has 1 aliphatic heterocycles. The second-order valence-corrected chi connectivity index (χ2v) is 7.75. The fourth-order valence-corrected chi connectivity index (χ4v) is 3.08. The first-order valence-electron chi connectivity index (χ1n) is 8.76. The van der Waals surface area contributed by atoms with Crippen molar-refractivity contribution in [3.05, 3.63) is 64.5 Å². The van der Waals surface area contributed by atoms with E-state index in [0.717, 1.165) is 6.07 Å². The number of fused-ring (bicyclic) bond motifs is 1. The zero-order valence-corrected chi connectivity index (χ0v) is 15.9. The Morgan fingerprint density at radius 2 is 1.79 bits per heavy atom. The van der Waals surface area contributed by atoms with Crippen LogP contribution in [0.3, 0.4) is 0 Å². The lowest BCUT2D eigenvalue weighted by atomic mass is 10.0. The van der Waals surface area contributed by atoms with Gasteiger partial charge in [0.05, 0.1) is 5.56 Å². The van der Waals surface area contributed by atoms with Gasteiger partial charge in [-0.1, -0.05) is 6.07 Å². The molecule has 2 amide bonds. The van der Waals surface area contributed by atoms with Crippen LogP contribution in [0.4, 0.5) is 23.2 Å². The monoisotopic (exact) mass is 409 g/mol. The van der Waals surface area contributed by atoms with Crippen LogP contribution in [0.1, 0.15) is 58.8 Å². The highest BCUT2D eigenvalue weighted by Crippen LogP contribution is 2.33. The molecule has 29 heavy (non-hydrogen) atoms. The van der Waals surface area contributed by atoms with E-state index in [1.807, 2.05) is 20.8 Å². The summed E-state index contributed by atoms with van der Waals surface area (Å²) in [5, 5.41) is 8.46. The molecule has 0 radical (unpaired) electrons. The number of hydrogen-bond acceptors (Lipinski definition) is 3. The smallest absolute Gasteiger partial charge is 0.332 e. The lowest BCUT2D eigenvalue weighted by Crippen LogP contribution is -2.43. The van der Waals surface area contributed by atoms with Crippen LogP contribution < -0.4 is 16.0 Å². The van der Waals surface area contributed by atoms with Gasteiger partial charge in [-0.2, -0.15) is 13.2 Å². The van der Waals surface area contributed by atoms with Crippen molar-refractivity contribution in [2.75, 3.05) is 5.32 Å². The molecule has 0 aliphatic carbocycles. The van der Waals surface area contributed by atoms with Crippen molar-refractivity contribution in [1.29, 1.82) is 0 Å². The van der Waals surface area contributed by atoms with Crippen molar-refractivity contribution in [3.63, 3.8) is 0 Å². The van der Waals surface area contributed by atoms with Crippen molar-refractivity contribution in [3.8, 4) is 0 Å². The fraction of sp³-hybridized carbons (Fsp3) is 0.300. The molecule has 0 aromatic heterocycles. The molecule has 2 aromatic rings. The molecule has 3 rings (SSSR count). The highest BCUT2D eigenvalue weighted by atomic mass is 19.4. The summed E-state index contributed by atoms with van der Waals surface area (Å²) in [6, 6.07) is 6.27. The maximum Gasteiger partial charge on any atom is 0.416 e. The third-order valence-electron chi connectivity index (χ3n) is 4.23. The first-order chi connectivity index (χ1) is 13.3. The zero-order valence-electron chi connectivity index (χ0n) is 15.9. The SMILES string of the molecule is CC(C)(C)N[C@@H]1NC(=O)c2cccc(NC(=O)c3cc(F)cc(C(F)(F)F)c3)c21. The van der Waals surface area contributed by atoms with Gasteiger partial charge >= 0.3 is 6.18 Å². The molecule has 0 bridgehead atoms. The lowest BCUT2D eigenvalue weighted by Gasteiger charge is -2.27. The van der Waals surface area contributed by atoms with Crippen LogP contribution >= 0.6 is 0 Å². The summed E-state index contributed by atoms with van der Waals surface area (Å²) in [6.07, 6.45) is -5.39. The Morgan fingerprint density at radius 1 is 1.10 bits per heavy atom. The first kappa shape index (κ1) is 20.8. The van der Waals surface area contributed by atoms with Gasteiger partial charge in [0.25, 0.3) is 11.8 Å². The average molecular weight is 409 g/mol. The predicted molar refractivity (Wildman–Crippen MR) is 98.9 cm³/mol. The van der Waals surface area contributed by atoms with Crippen LogP contribution in [0.2, 0.25) is 0 Å². The van der Waals surface area contributed by atoms with Gasteiger partial charge in [-0.3, -0.25) is 14.9 Å². The van der Waals surface area contributed by atoms with Crippen LogP contribution in [0.25, 0.3) is 0 Å². The van der Waals surface area contributed by atoms with E-state index in [-0.39, 0.29) is 17.1 Å². The number of amides is 2. The van der Waals surface area contributed by atoms with E-state index >= 15 is 0 Å². The molecule has 1 aliphatic rings. The van der Waals surface area contributed by atoms with Gasteiger partial charge in [0, 0.05) is 27.9 Å². The number of carbonyl (C=O) groups is 2.